The van der Waals surface area contributed by atoms with Gasteiger partial charge in [0.1, 0.15) is 6.54 Å². The average molecular weight is 487 g/mol. The maximum Gasteiger partial charge on any atom is 0.422 e. The average Bonchev–Trinajstić information content (AvgIpc) is 3.57. The second-order valence-corrected chi connectivity index (χ2v) is 9.70. The highest BCUT2D eigenvalue weighted by molar-refractivity contribution is 7.50. The third kappa shape index (κ3) is 8.72. The zero-order chi connectivity index (χ0) is 24.6. The maximum absolute atomic E-state index is 12.6. The zero-order valence-electron chi connectivity index (χ0n) is 19.9. The molecule has 0 amide bonds. The van der Waals surface area contributed by atoms with Crippen molar-refractivity contribution in [3.05, 3.63) is 29.3 Å². The lowest BCUT2D eigenvalue weighted by atomic mass is 9.90. The normalized spacial score (nSPS) is 16.4. The Morgan fingerprint density at radius 2 is 1.73 bits per heavy atom. The van der Waals surface area contributed by atoms with Crippen LogP contribution in [0.2, 0.25) is 0 Å². The summed E-state index contributed by atoms with van der Waals surface area (Å²) in [5.41, 5.74) is 1.79. The van der Waals surface area contributed by atoms with Gasteiger partial charge in [0.15, 0.2) is 12.3 Å². The Labute approximate surface area is 195 Å². The Hall–Kier alpha value is -1.97. The highest BCUT2D eigenvalue weighted by Gasteiger charge is 2.34. The number of rotatable bonds is 14. The van der Waals surface area contributed by atoms with E-state index >= 15 is 0 Å². The largest absolute Gasteiger partial charge is 0.465 e. The lowest BCUT2D eigenvalue weighted by Gasteiger charge is -2.27. The van der Waals surface area contributed by atoms with Crippen LogP contribution in [-0.2, 0) is 28.3 Å². The van der Waals surface area contributed by atoms with Gasteiger partial charge < -0.3 is 19.2 Å². The van der Waals surface area contributed by atoms with Crippen molar-refractivity contribution in [2.24, 2.45) is 5.92 Å². The van der Waals surface area contributed by atoms with Crippen molar-refractivity contribution < 1.29 is 38.0 Å². The Kier molecular flexibility index (Phi) is 10.3. The molecule has 0 aliphatic heterocycles. The number of esters is 2. The summed E-state index contributed by atoms with van der Waals surface area (Å²) in [7, 11) is -4.58. The van der Waals surface area contributed by atoms with Crippen molar-refractivity contribution in [2.75, 3.05) is 26.3 Å². The summed E-state index contributed by atoms with van der Waals surface area (Å²) in [5.74, 6) is -0.142. The Balaban J connectivity index is 2.30. The molecule has 186 valence electrons. The highest BCUT2D eigenvalue weighted by atomic mass is 31.2. The third-order valence-electron chi connectivity index (χ3n) is 5.20. The van der Waals surface area contributed by atoms with Crippen molar-refractivity contribution >= 4 is 19.7 Å². The molecule has 2 atom stereocenters. The van der Waals surface area contributed by atoms with E-state index in [0.717, 1.165) is 24.0 Å². The minimum absolute atomic E-state index is 0.0821. The fraction of sp³-hybridized carbons (Fsp3) is 0.636. The summed E-state index contributed by atoms with van der Waals surface area (Å²) in [6.07, 6.45) is 2.25. The number of carbonyl (C=O) groups is 2. The van der Waals surface area contributed by atoms with Gasteiger partial charge in [-0.3, -0.25) is 9.59 Å². The molecule has 0 heterocycles. The van der Waals surface area contributed by atoms with Gasteiger partial charge in [0.2, 0.25) is 0 Å². The van der Waals surface area contributed by atoms with Gasteiger partial charge in [-0.15, -0.1) is 0 Å². The van der Waals surface area contributed by atoms with Gasteiger partial charge >= 0.3 is 19.7 Å². The van der Waals surface area contributed by atoms with E-state index in [-0.39, 0.29) is 25.0 Å². The fourth-order valence-corrected chi connectivity index (χ4v) is 4.09. The van der Waals surface area contributed by atoms with E-state index in [4.69, 9.17) is 18.9 Å². The summed E-state index contributed by atoms with van der Waals surface area (Å²) >= 11 is 0. The number of hydroxylamine groups is 2. The SMILES string of the molecule is CCOC(=O)CNP(=O)(O)ON(CC(=O)OCC)Oc1c(C(C)C)cccc1C(C)C1CC1. The van der Waals surface area contributed by atoms with Crippen LogP contribution >= 0.6 is 7.75 Å². The van der Waals surface area contributed by atoms with E-state index in [2.05, 4.69) is 12.0 Å². The molecule has 10 nitrogen and oxygen atoms in total. The predicted octanol–water partition coefficient (Wildman–Crippen LogP) is 3.67. The standard InChI is InChI=1S/C22H35N2O8P/c1-6-29-20(25)13-23-33(27,28)32-24(14-21(26)30-7-2)31-22-18(15(3)4)9-8-10-19(22)16(5)17-11-12-17/h8-10,15-17H,6-7,11-14H2,1-5H3,(H2,23,27,28). The Morgan fingerprint density at radius 3 is 2.30 bits per heavy atom. The molecule has 33 heavy (non-hydrogen) atoms. The molecule has 2 rings (SSSR count). The van der Waals surface area contributed by atoms with Crippen molar-refractivity contribution in [2.45, 2.75) is 59.3 Å². The van der Waals surface area contributed by atoms with Crippen LogP contribution < -0.4 is 9.92 Å². The van der Waals surface area contributed by atoms with Crippen molar-refractivity contribution in [3.63, 3.8) is 0 Å². The molecular weight excluding hydrogens is 451 g/mol. The van der Waals surface area contributed by atoms with Crippen LogP contribution in [0.1, 0.15) is 70.4 Å². The second kappa shape index (κ2) is 12.5. The number of nitrogens with zero attached hydrogens (tertiary/aromatic N) is 1. The van der Waals surface area contributed by atoms with Crippen LogP contribution in [0.3, 0.4) is 0 Å². The number of hydrogen-bond donors (Lipinski definition) is 2. The molecule has 0 spiro atoms. The molecule has 0 radical (unpaired) electrons. The van der Waals surface area contributed by atoms with Gasteiger partial charge in [0.25, 0.3) is 0 Å². The third-order valence-corrected chi connectivity index (χ3v) is 6.17. The summed E-state index contributed by atoms with van der Waals surface area (Å²) in [4.78, 5) is 39.9. The quantitative estimate of drug-likeness (QED) is 0.229. The van der Waals surface area contributed by atoms with Crippen LogP contribution in [0, 0.1) is 5.92 Å². The molecule has 1 aliphatic carbocycles. The number of carbonyl (C=O) groups excluding carboxylic acids is 2. The first-order valence-corrected chi connectivity index (χ1v) is 12.8. The molecule has 1 aromatic carbocycles. The van der Waals surface area contributed by atoms with Crippen molar-refractivity contribution in [1.82, 2.24) is 10.3 Å². The molecule has 2 N–H and O–H groups in total. The number of benzene rings is 1. The number of hydrogen-bond acceptors (Lipinski definition) is 8. The Morgan fingerprint density at radius 1 is 1.12 bits per heavy atom. The molecule has 0 bridgehead atoms. The topological polar surface area (TPSA) is 124 Å². The van der Waals surface area contributed by atoms with Crippen LogP contribution in [0.25, 0.3) is 0 Å². The van der Waals surface area contributed by atoms with Gasteiger partial charge in [0, 0.05) is 10.8 Å². The van der Waals surface area contributed by atoms with Crippen LogP contribution in [0.4, 0.5) is 0 Å². The summed E-state index contributed by atoms with van der Waals surface area (Å²) < 4.78 is 27.4. The monoisotopic (exact) mass is 486 g/mol. The predicted molar refractivity (Wildman–Crippen MR) is 121 cm³/mol. The molecule has 0 aromatic heterocycles. The number of para-hydroxylation sites is 1. The molecule has 1 fully saturated rings. The first kappa shape index (κ1) is 27.3. The first-order valence-electron chi connectivity index (χ1n) is 11.2. The minimum Gasteiger partial charge on any atom is -0.465 e. The lowest BCUT2D eigenvalue weighted by molar-refractivity contribution is -0.262. The fourth-order valence-electron chi connectivity index (χ4n) is 3.36. The van der Waals surface area contributed by atoms with E-state index < -0.39 is 32.8 Å². The van der Waals surface area contributed by atoms with Gasteiger partial charge in [0.05, 0.1) is 13.2 Å². The second-order valence-electron chi connectivity index (χ2n) is 8.18. The van der Waals surface area contributed by atoms with E-state index in [1.807, 2.05) is 32.0 Å². The molecule has 2 unspecified atom stereocenters. The summed E-state index contributed by atoms with van der Waals surface area (Å²) in [6.45, 7) is 8.51. The maximum atomic E-state index is 12.6. The zero-order valence-corrected chi connectivity index (χ0v) is 20.8. The molecular formula is C22H35N2O8P. The Bertz CT molecular complexity index is 859. The van der Waals surface area contributed by atoms with Gasteiger partial charge in [-0.2, -0.15) is 4.62 Å². The smallest absolute Gasteiger partial charge is 0.422 e. The molecule has 1 saturated carbocycles. The van der Waals surface area contributed by atoms with E-state index in [1.165, 1.54) is 0 Å². The van der Waals surface area contributed by atoms with Crippen LogP contribution in [0.5, 0.6) is 5.75 Å². The van der Waals surface area contributed by atoms with Gasteiger partial charge in [-0.1, -0.05) is 39.0 Å². The summed E-state index contributed by atoms with van der Waals surface area (Å²) in [6, 6.07) is 5.80. The molecule has 1 aromatic rings. The van der Waals surface area contributed by atoms with Crippen LogP contribution in [0.15, 0.2) is 18.2 Å². The van der Waals surface area contributed by atoms with E-state index in [9.17, 15) is 19.0 Å². The van der Waals surface area contributed by atoms with Gasteiger partial charge in [-0.25, -0.2) is 9.65 Å². The molecule has 1 aliphatic rings. The highest BCUT2D eigenvalue weighted by Crippen LogP contribution is 2.47. The lowest BCUT2D eigenvalue weighted by Crippen LogP contribution is -2.36. The van der Waals surface area contributed by atoms with E-state index in [1.54, 1.807) is 13.8 Å². The minimum atomic E-state index is -4.58. The first-order chi connectivity index (χ1) is 15.6. The number of nitrogens with one attached hydrogen (secondary N) is 1. The summed E-state index contributed by atoms with van der Waals surface area (Å²) in [5, 5.41) is 2.75. The van der Waals surface area contributed by atoms with Crippen molar-refractivity contribution in [3.8, 4) is 5.75 Å². The van der Waals surface area contributed by atoms with Gasteiger partial charge in [-0.05, 0) is 50.0 Å². The molecule has 11 heteroatoms. The number of ether oxygens (including phenoxy) is 2. The van der Waals surface area contributed by atoms with Crippen LogP contribution in [-0.4, -0.2) is 48.4 Å². The van der Waals surface area contributed by atoms with Crippen molar-refractivity contribution in [1.29, 1.82) is 0 Å². The van der Waals surface area contributed by atoms with E-state index in [0.29, 0.717) is 16.9 Å². The molecule has 0 saturated heterocycles.